The number of sulfonamides is 1. The summed E-state index contributed by atoms with van der Waals surface area (Å²) in [6.45, 7) is 3.88. The molecule has 0 radical (unpaired) electrons. The standard InChI is InChI=1S/C22H23N5O4S/c1-13-16(14(2)27-22(24-13)17-6-4-5-7-18(17)26-27)9-11-21(28)25-15-8-10-19(31-3)20(12-15)32(23,29)30/h4-8,10,12H,9,11H2,1-3H3,(H,25,28)(H2,23,29,30). The van der Waals surface area contributed by atoms with Crippen LogP contribution >= 0.6 is 0 Å². The van der Waals surface area contributed by atoms with E-state index in [-0.39, 0.29) is 23.0 Å². The smallest absolute Gasteiger partial charge is 0.241 e. The van der Waals surface area contributed by atoms with Crippen molar-refractivity contribution in [3.05, 3.63) is 59.4 Å². The van der Waals surface area contributed by atoms with Gasteiger partial charge in [0.05, 0.1) is 12.6 Å². The Labute approximate surface area is 185 Å². The SMILES string of the molecule is COc1ccc(NC(=O)CCc2c(C)nc3c4ccccc4nn3c2C)cc1S(N)(=O)=O. The highest BCUT2D eigenvalue weighted by molar-refractivity contribution is 7.89. The molecule has 1 amide bonds. The maximum Gasteiger partial charge on any atom is 0.241 e. The topological polar surface area (TPSA) is 129 Å². The first kappa shape index (κ1) is 21.7. The van der Waals surface area contributed by atoms with Crippen molar-refractivity contribution in [2.45, 2.75) is 31.6 Å². The zero-order chi connectivity index (χ0) is 23.0. The van der Waals surface area contributed by atoms with Crippen molar-refractivity contribution in [2.24, 2.45) is 5.14 Å². The monoisotopic (exact) mass is 453 g/mol. The second-order valence-electron chi connectivity index (χ2n) is 7.47. The summed E-state index contributed by atoms with van der Waals surface area (Å²) in [4.78, 5) is 17.1. The number of aryl methyl sites for hydroxylation is 2. The van der Waals surface area contributed by atoms with Gasteiger partial charge in [0.1, 0.15) is 10.6 Å². The zero-order valence-electron chi connectivity index (χ0n) is 17.9. The molecule has 0 spiro atoms. The molecule has 4 aromatic rings. The predicted molar refractivity (Wildman–Crippen MR) is 121 cm³/mol. The molecule has 32 heavy (non-hydrogen) atoms. The van der Waals surface area contributed by atoms with Gasteiger partial charge in [0.25, 0.3) is 0 Å². The van der Waals surface area contributed by atoms with Crippen LogP contribution in [-0.2, 0) is 21.2 Å². The lowest BCUT2D eigenvalue weighted by Crippen LogP contribution is -2.16. The minimum Gasteiger partial charge on any atom is -0.495 e. The van der Waals surface area contributed by atoms with Crippen LogP contribution in [0.25, 0.3) is 16.6 Å². The summed E-state index contributed by atoms with van der Waals surface area (Å²) >= 11 is 0. The minimum absolute atomic E-state index is 0.114. The van der Waals surface area contributed by atoms with E-state index in [1.54, 1.807) is 6.07 Å². The second kappa shape index (κ2) is 8.21. The third-order valence-electron chi connectivity index (χ3n) is 5.37. The fourth-order valence-corrected chi connectivity index (χ4v) is 4.50. The average molecular weight is 454 g/mol. The van der Waals surface area contributed by atoms with Crippen LogP contribution in [-0.4, -0.2) is 36.0 Å². The third kappa shape index (κ3) is 4.02. The van der Waals surface area contributed by atoms with E-state index in [1.807, 2.05) is 42.6 Å². The van der Waals surface area contributed by atoms with Crippen molar-refractivity contribution >= 4 is 38.2 Å². The molecule has 166 valence electrons. The van der Waals surface area contributed by atoms with Crippen molar-refractivity contribution < 1.29 is 17.9 Å². The highest BCUT2D eigenvalue weighted by Gasteiger charge is 2.18. The Morgan fingerprint density at radius 3 is 2.66 bits per heavy atom. The number of nitrogens with one attached hydrogen (secondary N) is 1. The minimum atomic E-state index is -4.00. The van der Waals surface area contributed by atoms with E-state index in [9.17, 15) is 13.2 Å². The lowest BCUT2D eigenvalue weighted by molar-refractivity contribution is -0.116. The van der Waals surface area contributed by atoms with E-state index in [0.29, 0.717) is 12.1 Å². The molecular weight excluding hydrogens is 430 g/mol. The molecule has 4 rings (SSSR count). The number of nitrogens with zero attached hydrogens (tertiary/aromatic N) is 3. The first-order valence-electron chi connectivity index (χ1n) is 9.93. The number of hydrogen-bond acceptors (Lipinski definition) is 6. The van der Waals surface area contributed by atoms with Crippen LogP contribution < -0.4 is 15.2 Å². The summed E-state index contributed by atoms with van der Waals surface area (Å²) < 4.78 is 30.4. The van der Waals surface area contributed by atoms with Crippen molar-refractivity contribution in [3.8, 4) is 5.75 Å². The highest BCUT2D eigenvalue weighted by Crippen LogP contribution is 2.27. The number of fused-ring (bicyclic) bond motifs is 3. The summed E-state index contributed by atoms with van der Waals surface area (Å²) in [7, 11) is -2.65. The molecule has 0 fully saturated rings. The van der Waals surface area contributed by atoms with Crippen LogP contribution in [0.3, 0.4) is 0 Å². The number of rotatable bonds is 6. The van der Waals surface area contributed by atoms with E-state index in [4.69, 9.17) is 14.9 Å². The van der Waals surface area contributed by atoms with Crippen LogP contribution in [0.2, 0.25) is 0 Å². The molecule has 9 nitrogen and oxygen atoms in total. The molecular formula is C22H23N5O4S. The summed E-state index contributed by atoms with van der Waals surface area (Å²) in [5, 5.41) is 13.6. The van der Waals surface area contributed by atoms with E-state index in [1.165, 1.54) is 19.2 Å². The van der Waals surface area contributed by atoms with Crippen LogP contribution in [0.4, 0.5) is 5.69 Å². The molecule has 0 unspecified atom stereocenters. The van der Waals surface area contributed by atoms with Crippen LogP contribution in [0.15, 0.2) is 47.4 Å². The number of primary sulfonamides is 1. The van der Waals surface area contributed by atoms with Gasteiger partial charge < -0.3 is 10.1 Å². The van der Waals surface area contributed by atoms with E-state index in [2.05, 4.69) is 10.4 Å². The summed E-state index contributed by atoms with van der Waals surface area (Å²) in [5.74, 6) is -0.150. The number of anilines is 1. The number of methoxy groups -OCH3 is 1. The lowest BCUT2D eigenvalue weighted by Gasteiger charge is -2.12. The largest absolute Gasteiger partial charge is 0.495 e. The fourth-order valence-electron chi connectivity index (χ4n) is 3.78. The molecule has 0 bridgehead atoms. The number of benzene rings is 2. The molecule has 0 saturated heterocycles. The predicted octanol–water partition coefficient (Wildman–Crippen LogP) is 2.73. The molecule has 0 aliphatic rings. The van der Waals surface area contributed by atoms with Gasteiger partial charge in [-0.05, 0) is 56.2 Å². The van der Waals surface area contributed by atoms with Crippen molar-refractivity contribution in [1.29, 1.82) is 0 Å². The number of amides is 1. The number of carbonyl (C=O) groups is 1. The number of hydrogen-bond donors (Lipinski definition) is 2. The van der Waals surface area contributed by atoms with Gasteiger partial charge in [-0.15, -0.1) is 0 Å². The molecule has 0 aliphatic heterocycles. The van der Waals surface area contributed by atoms with Gasteiger partial charge in [0.15, 0.2) is 5.65 Å². The Morgan fingerprint density at radius 2 is 1.94 bits per heavy atom. The maximum atomic E-state index is 12.6. The molecule has 0 atom stereocenters. The molecule has 2 aromatic heterocycles. The normalized spacial score (nSPS) is 11.8. The van der Waals surface area contributed by atoms with E-state index in [0.717, 1.165) is 33.5 Å². The first-order chi connectivity index (χ1) is 15.2. The second-order valence-corrected chi connectivity index (χ2v) is 9.00. The van der Waals surface area contributed by atoms with Crippen LogP contribution in [0.1, 0.15) is 23.4 Å². The van der Waals surface area contributed by atoms with Crippen molar-refractivity contribution in [1.82, 2.24) is 14.6 Å². The number of carbonyl (C=O) groups excluding carboxylic acids is 1. The molecule has 0 saturated carbocycles. The maximum absolute atomic E-state index is 12.6. The average Bonchev–Trinajstić information content (AvgIpc) is 3.12. The molecule has 3 N–H and O–H groups in total. The van der Waals surface area contributed by atoms with Crippen LogP contribution in [0, 0.1) is 13.8 Å². The molecule has 10 heteroatoms. The van der Waals surface area contributed by atoms with Gasteiger partial charge in [0, 0.05) is 28.9 Å². The van der Waals surface area contributed by atoms with Gasteiger partial charge >= 0.3 is 0 Å². The lowest BCUT2D eigenvalue weighted by atomic mass is 10.1. The number of ether oxygens (including phenoxy) is 1. The Kier molecular flexibility index (Phi) is 5.57. The molecule has 2 heterocycles. The van der Waals surface area contributed by atoms with E-state index < -0.39 is 10.0 Å². The van der Waals surface area contributed by atoms with Gasteiger partial charge in [-0.1, -0.05) is 12.1 Å². The van der Waals surface area contributed by atoms with Gasteiger partial charge in [-0.2, -0.15) is 5.10 Å². The summed E-state index contributed by atoms with van der Waals surface area (Å²) in [5.41, 5.74) is 4.69. The zero-order valence-corrected chi connectivity index (χ0v) is 18.7. The molecule has 0 aliphatic carbocycles. The number of nitrogens with two attached hydrogens (primary N) is 1. The molecule has 2 aromatic carbocycles. The van der Waals surface area contributed by atoms with Crippen molar-refractivity contribution in [2.75, 3.05) is 12.4 Å². The van der Waals surface area contributed by atoms with E-state index >= 15 is 0 Å². The quantitative estimate of drug-likeness (QED) is 0.462. The summed E-state index contributed by atoms with van der Waals surface area (Å²) in [6, 6.07) is 12.1. The fraction of sp³-hybridized carbons (Fsp3) is 0.227. The Morgan fingerprint density at radius 1 is 1.19 bits per heavy atom. The summed E-state index contributed by atoms with van der Waals surface area (Å²) in [6.07, 6.45) is 0.646. The Hall–Kier alpha value is -3.50. The Bertz CT molecular complexity index is 1460. The van der Waals surface area contributed by atoms with Gasteiger partial charge in [-0.25, -0.2) is 23.1 Å². The third-order valence-corrected chi connectivity index (χ3v) is 6.31. The Balaban J connectivity index is 1.55. The first-order valence-corrected chi connectivity index (χ1v) is 11.5. The van der Waals surface area contributed by atoms with Gasteiger partial charge in [-0.3, -0.25) is 4.79 Å². The van der Waals surface area contributed by atoms with Gasteiger partial charge in [0.2, 0.25) is 15.9 Å². The van der Waals surface area contributed by atoms with Crippen LogP contribution in [0.5, 0.6) is 5.75 Å². The highest BCUT2D eigenvalue weighted by atomic mass is 32.2. The van der Waals surface area contributed by atoms with Crippen molar-refractivity contribution in [3.63, 3.8) is 0 Å². The number of aromatic nitrogens is 3.